The van der Waals surface area contributed by atoms with Crippen molar-refractivity contribution in [1.29, 1.82) is 0 Å². The van der Waals surface area contributed by atoms with Gasteiger partial charge < -0.3 is 5.11 Å². The van der Waals surface area contributed by atoms with Crippen molar-refractivity contribution in [2.45, 2.75) is 123 Å². The molecule has 3 unspecified atom stereocenters. The zero-order valence-electron chi connectivity index (χ0n) is 16.9. The largest absolute Gasteiger partial charge is 0.393 e. The van der Waals surface area contributed by atoms with Crippen LogP contribution >= 0.6 is 0 Å². The molecular weight excluding hydrogens is 292 g/mol. The first kappa shape index (κ1) is 20.3. The van der Waals surface area contributed by atoms with Gasteiger partial charge in [0.25, 0.3) is 0 Å². The Morgan fingerprint density at radius 2 is 1.62 bits per heavy atom. The van der Waals surface area contributed by atoms with Gasteiger partial charge in [0.15, 0.2) is 0 Å². The first-order valence-electron chi connectivity index (χ1n) is 11.3. The summed E-state index contributed by atoms with van der Waals surface area (Å²) in [7, 11) is 0. The van der Waals surface area contributed by atoms with Crippen molar-refractivity contribution in [2.24, 2.45) is 23.2 Å². The summed E-state index contributed by atoms with van der Waals surface area (Å²) in [6.45, 7) is 6.86. The summed E-state index contributed by atoms with van der Waals surface area (Å²) in [6.07, 6.45) is 20.1. The molecule has 2 aliphatic carbocycles. The van der Waals surface area contributed by atoms with Crippen LogP contribution in [0.3, 0.4) is 0 Å². The molecule has 1 heteroatoms. The topological polar surface area (TPSA) is 20.2 Å². The predicted octanol–water partition coefficient (Wildman–Crippen LogP) is 7.12. The zero-order valence-corrected chi connectivity index (χ0v) is 16.9. The fraction of sp³-hybridized carbons (Fsp3) is 1.00. The van der Waals surface area contributed by atoms with Gasteiger partial charge in [-0.3, -0.25) is 0 Å². The maximum atomic E-state index is 10.9. The second-order valence-corrected chi connectivity index (χ2v) is 9.23. The first-order valence-corrected chi connectivity index (χ1v) is 11.3. The van der Waals surface area contributed by atoms with E-state index < -0.39 is 0 Å². The molecule has 0 aromatic carbocycles. The Bertz CT molecular complexity index is 331. The van der Waals surface area contributed by atoms with E-state index in [1.54, 1.807) is 0 Å². The highest BCUT2D eigenvalue weighted by Gasteiger charge is 2.50. The molecule has 1 nitrogen and oxygen atoms in total. The number of aliphatic hydroxyl groups is 1. The number of hydrogen-bond donors (Lipinski definition) is 1. The molecule has 1 N–H and O–H groups in total. The number of unbranched alkanes of at least 4 members (excludes halogenated alkanes) is 3. The maximum Gasteiger partial charge on any atom is 0.0596 e. The number of rotatable bonds is 11. The van der Waals surface area contributed by atoms with Gasteiger partial charge >= 0.3 is 0 Å². The summed E-state index contributed by atoms with van der Waals surface area (Å²) in [6, 6.07) is 0. The van der Waals surface area contributed by atoms with Crippen molar-refractivity contribution in [3.63, 3.8) is 0 Å². The lowest BCUT2D eigenvalue weighted by molar-refractivity contribution is -0.103. The second kappa shape index (κ2) is 10.2. The van der Waals surface area contributed by atoms with Gasteiger partial charge in [-0.15, -0.1) is 0 Å². The summed E-state index contributed by atoms with van der Waals surface area (Å²) in [5, 5.41) is 10.9. The Balaban J connectivity index is 1.85. The van der Waals surface area contributed by atoms with E-state index >= 15 is 0 Å². The van der Waals surface area contributed by atoms with Crippen LogP contribution < -0.4 is 0 Å². The van der Waals surface area contributed by atoms with Crippen LogP contribution in [0.1, 0.15) is 117 Å². The molecule has 0 saturated heterocycles. The van der Waals surface area contributed by atoms with E-state index in [1.165, 1.54) is 89.9 Å². The van der Waals surface area contributed by atoms with E-state index in [4.69, 9.17) is 0 Å². The molecule has 142 valence electrons. The number of aliphatic hydroxyl groups excluding tert-OH is 1. The van der Waals surface area contributed by atoms with Crippen molar-refractivity contribution >= 4 is 0 Å². The Morgan fingerprint density at radius 3 is 2.29 bits per heavy atom. The third-order valence-corrected chi connectivity index (χ3v) is 7.36. The van der Waals surface area contributed by atoms with E-state index in [-0.39, 0.29) is 6.10 Å². The minimum absolute atomic E-state index is 0.0280. The van der Waals surface area contributed by atoms with Crippen molar-refractivity contribution < 1.29 is 5.11 Å². The fourth-order valence-corrected chi connectivity index (χ4v) is 5.71. The van der Waals surface area contributed by atoms with Gasteiger partial charge in [-0.1, -0.05) is 85.0 Å². The molecule has 0 aromatic heterocycles. The summed E-state index contributed by atoms with van der Waals surface area (Å²) in [5.74, 6) is 2.93. The van der Waals surface area contributed by atoms with Gasteiger partial charge in [0.1, 0.15) is 0 Å². The molecule has 3 atom stereocenters. The van der Waals surface area contributed by atoms with Crippen LogP contribution in [0.5, 0.6) is 0 Å². The monoisotopic (exact) mass is 336 g/mol. The maximum absolute atomic E-state index is 10.9. The average Bonchev–Trinajstić information content (AvgIpc) is 2.57. The zero-order chi connectivity index (χ0) is 17.4. The number of hydrogen-bond acceptors (Lipinski definition) is 1. The highest BCUT2D eigenvalue weighted by atomic mass is 16.3. The Hall–Kier alpha value is -0.0400. The predicted molar refractivity (Wildman–Crippen MR) is 105 cm³/mol. The van der Waals surface area contributed by atoms with Crippen LogP contribution in [0.15, 0.2) is 0 Å². The molecule has 0 radical (unpaired) electrons. The third kappa shape index (κ3) is 5.23. The van der Waals surface area contributed by atoms with Crippen molar-refractivity contribution in [3.8, 4) is 0 Å². The van der Waals surface area contributed by atoms with Gasteiger partial charge in [-0.2, -0.15) is 0 Å². The molecule has 0 aliphatic heterocycles. The van der Waals surface area contributed by atoms with Crippen LogP contribution in [0.25, 0.3) is 0 Å². The summed E-state index contributed by atoms with van der Waals surface area (Å²) in [5.41, 5.74) is 0.298. The van der Waals surface area contributed by atoms with Crippen molar-refractivity contribution in [3.05, 3.63) is 0 Å². The quantitative estimate of drug-likeness (QED) is 0.426. The molecule has 0 bridgehead atoms. The highest BCUT2D eigenvalue weighted by Crippen LogP contribution is 2.57. The fourth-order valence-electron chi connectivity index (χ4n) is 5.71. The molecule has 0 aromatic rings. The summed E-state index contributed by atoms with van der Waals surface area (Å²) < 4.78 is 0. The molecule has 0 heterocycles. The molecule has 2 aliphatic rings. The molecule has 2 saturated carbocycles. The lowest BCUT2D eigenvalue weighted by Crippen LogP contribution is -2.49. The summed E-state index contributed by atoms with van der Waals surface area (Å²) in [4.78, 5) is 0. The van der Waals surface area contributed by atoms with Crippen molar-refractivity contribution in [2.75, 3.05) is 0 Å². The SMILES string of the molecule is CCCCC1CCCC(C2CC(CCCC)(C(O)CCCC)C2)C1. The van der Waals surface area contributed by atoms with Crippen LogP contribution in [-0.4, -0.2) is 11.2 Å². The van der Waals surface area contributed by atoms with E-state index in [0.29, 0.717) is 5.41 Å². The molecular formula is C23H44O. The Morgan fingerprint density at radius 1 is 0.917 bits per heavy atom. The van der Waals surface area contributed by atoms with Gasteiger partial charge in [0, 0.05) is 0 Å². The summed E-state index contributed by atoms with van der Waals surface area (Å²) >= 11 is 0. The minimum Gasteiger partial charge on any atom is -0.393 e. The van der Waals surface area contributed by atoms with Crippen LogP contribution in [0, 0.1) is 23.2 Å². The lowest BCUT2D eigenvalue weighted by Gasteiger charge is -2.55. The average molecular weight is 337 g/mol. The van der Waals surface area contributed by atoms with Gasteiger partial charge in [0.2, 0.25) is 0 Å². The molecule has 0 amide bonds. The minimum atomic E-state index is -0.0280. The Kier molecular flexibility index (Phi) is 8.61. The van der Waals surface area contributed by atoms with Gasteiger partial charge in [-0.05, 0) is 55.3 Å². The first-order chi connectivity index (χ1) is 11.6. The highest BCUT2D eigenvalue weighted by molar-refractivity contribution is 5.01. The van der Waals surface area contributed by atoms with E-state index in [1.807, 2.05) is 0 Å². The third-order valence-electron chi connectivity index (χ3n) is 7.36. The normalized spacial score (nSPS) is 34.8. The smallest absolute Gasteiger partial charge is 0.0596 e. The Labute approximate surface area is 152 Å². The van der Waals surface area contributed by atoms with Gasteiger partial charge in [-0.25, -0.2) is 0 Å². The molecule has 0 spiro atoms. The van der Waals surface area contributed by atoms with E-state index in [2.05, 4.69) is 20.8 Å². The van der Waals surface area contributed by atoms with E-state index in [9.17, 15) is 5.11 Å². The lowest BCUT2D eigenvalue weighted by atomic mass is 9.51. The molecule has 2 fully saturated rings. The van der Waals surface area contributed by atoms with Crippen LogP contribution in [0.4, 0.5) is 0 Å². The second-order valence-electron chi connectivity index (χ2n) is 9.23. The van der Waals surface area contributed by atoms with E-state index in [0.717, 1.165) is 24.2 Å². The van der Waals surface area contributed by atoms with Crippen LogP contribution in [0.2, 0.25) is 0 Å². The van der Waals surface area contributed by atoms with Crippen LogP contribution in [-0.2, 0) is 0 Å². The standard InChI is InChI=1S/C23H44O/c1-4-7-11-19-12-10-13-20(16-19)21-17-23(18-21,15-9-6-3)22(24)14-8-5-2/h19-22,24H,4-18H2,1-3H3. The van der Waals surface area contributed by atoms with Gasteiger partial charge in [0.05, 0.1) is 6.10 Å². The van der Waals surface area contributed by atoms with Crippen molar-refractivity contribution in [1.82, 2.24) is 0 Å². The molecule has 2 rings (SSSR count). The molecule has 24 heavy (non-hydrogen) atoms.